The van der Waals surface area contributed by atoms with Crippen molar-refractivity contribution in [2.75, 3.05) is 20.6 Å². The Balaban J connectivity index is 2.18. The molecule has 17 heavy (non-hydrogen) atoms. The van der Waals surface area contributed by atoms with Crippen LogP contribution in [-0.2, 0) is 0 Å². The fourth-order valence-electron chi connectivity index (χ4n) is 1.84. The van der Waals surface area contributed by atoms with Gasteiger partial charge in [-0.2, -0.15) is 0 Å². The molecule has 0 aliphatic rings. The predicted octanol–water partition coefficient (Wildman–Crippen LogP) is 2.22. The highest BCUT2D eigenvalue weighted by Gasteiger charge is 2.08. The Morgan fingerprint density at radius 1 is 1.29 bits per heavy atom. The van der Waals surface area contributed by atoms with E-state index in [0.717, 1.165) is 29.4 Å². The number of aliphatic hydroxyl groups excluding tert-OH is 1. The van der Waals surface area contributed by atoms with Crippen molar-refractivity contribution in [2.45, 2.75) is 12.5 Å². The number of hydrogen-bond acceptors (Lipinski definition) is 3. The minimum Gasteiger partial charge on any atom is -0.388 e. The second kappa shape index (κ2) is 5.25. The van der Waals surface area contributed by atoms with Crippen molar-refractivity contribution in [1.82, 2.24) is 9.88 Å². The molecule has 0 radical (unpaired) electrons. The number of hydrogen-bond donors (Lipinski definition) is 1. The second-order valence-electron chi connectivity index (χ2n) is 4.56. The van der Waals surface area contributed by atoms with Crippen LogP contribution in [0.15, 0.2) is 36.5 Å². The summed E-state index contributed by atoms with van der Waals surface area (Å²) in [6, 6.07) is 9.90. The molecule has 2 rings (SSSR count). The molecule has 0 aliphatic carbocycles. The van der Waals surface area contributed by atoms with Gasteiger partial charge in [-0.15, -0.1) is 0 Å². The fraction of sp³-hybridized carbons (Fsp3) is 0.357. The quantitative estimate of drug-likeness (QED) is 0.875. The minimum atomic E-state index is -0.413. The maximum atomic E-state index is 10.1. The van der Waals surface area contributed by atoms with E-state index >= 15 is 0 Å². The van der Waals surface area contributed by atoms with Gasteiger partial charge in [0, 0.05) is 18.1 Å². The molecule has 90 valence electrons. The average Bonchev–Trinajstić information content (AvgIpc) is 2.35. The Labute approximate surface area is 102 Å². The lowest BCUT2D eigenvalue weighted by molar-refractivity contribution is 0.154. The zero-order chi connectivity index (χ0) is 12.3. The van der Waals surface area contributed by atoms with E-state index in [9.17, 15) is 5.11 Å². The first-order valence-corrected chi connectivity index (χ1v) is 5.84. The number of aromatic nitrogens is 1. The van der Waals surface area contributed by atoms with E-state index in [4.69, 9.17) is 0 Å². The van der Waals surface area contributed by atoms with Crippen molar-refractivity contribution in [2.24, 2.45) is 0 Å². The lowest BCUT2D eigenvalue weighted by Crippen LogP contribution is -2.15. The van der Waals surface area contributed by atoms with Gasteiger partial charge in [-0.25, -0.2) is 0 Å². The molecule has 1 aromatic heterocycles. The molecule has 1 aromatic carbocycles. The van der Waals surface area contributed by atoms with Crippen LogP contribution >= 0.6 is 0 Å². The van der Waals surface area contributed by atoms with Gasteiger partial charge in [-0.05, 0) is 38.2 Å². The summed E-state index contributed by atoms with van der Waals surface area (Å²) in [5.74, 6) is 0. The molecule has 0 saturated carbocycles. The van der Waals surface area contributed by atoms with Crippen molar-refractivity contribution in [3.05, 3.63) is 42.1 Å². The fourth-order valence-corrected chi connectivity index (χ4v) is 1.84. The zero-order valence-electron chi connectivity index (χ0n) is 10.3. The highest BCUT2D eigenvalue weighted by molar-refractivity contribution is 5.78. The first kappa shape index (κ1) is 12.0. The van der Waals surface area contributed by atoms with Gasteiger partial charge in [0.2, 0.25) is 0 Å². The van der Waals surface area contributed by atoms with E-state index in [1.165, 1.54) is 0 Å². The van der Waals surface area contributed by atoms with Crippen LogP contribution in [0, 0.1) is 0 Å². The molecule has 0 bridgehead atoms. The summed E-state index contributed by atoms with van der Waals surface area (Å²) in [6.45, 7) is 0.876. The van der Waals surface area contributed by atoms with Gasteiger partial charge in [-0.1, -0.05) is 18.2 Å². The van der Waals surface area contributed by atoms with Crippen LogP contribution in [0.4, 0.5) is 0 Å². The van der Waals surface area contributed by atoms with Gasteiger partial charge in [0.1, 0.15) is 0 Å². The van der Waals surface area contributed by atoms with Gasteiger partial charge in [-0.3, -0.25) is 4.98 Å². The average molecular weight is 230 g/mol. The zero-order valence-corrected chi connectivity index (χ0v) is 10.3. The van der Waals surface area contributed by atoms with Crippen molar-refractivity contribution in [1.29, 1.82) is 0 Å². The second-order valence-corrected chi connectivity index (χ2v) is 4.56. The van der Waals surface area contributed by atoms with E-state index in [1.807, 2.05) is 44.4 Å². The molecule has 0 aliphatic heterocycles. The van der Waals surface area contributed by atoms with E-state index in [2.05, 4.69) is 9.88 Å². The summed E-state index contributed by atoms with van der Waals surface area (Å²) in [4.78, 5) is 6.37. The predicted molar refractivity (Wildman–Crippen MR) is 69.9 cm³/mol. The van der Waals surface area contributed by atoms with Crippen LogP contribution in [0.1, 0.15) is 18.1 Å². The monoisotopic (exact) mass is 230 g/mol. The molecule has 0 amide bonds. The summed E-state index contributed by atoms with van der Waals surface area (Å²) in [5.41, 5.74) is 1.88. The Morgan fingerprint density at radius 2 is 2.12 bits per heavy atom. The third kappa shape index (κ3) is 3.02. The highest BCUT2D eigenvalue weighted by Crippen LogP contribution is 2.21. The van der Waals surface area contributed by atoms with E-state index in [0.29, 0.717) is 0 Å². The van der Waals surface area contributed by atoms with Crippen LogP contribution < -0.4 is 0 Å². The van der Waals surface area contributed by atoms with Crippen LogP contribution in [0.2, 0.25) is 0 Å². The third-order valence-corrected chi connectivity index (χ3v) is 2.86. The molecule has 1 unspecified atom stereocenters. The van der Waals surface area contributed by atoms with Gasteiger partial charge in [0.25, 0.3) is 0 Å². The van der Waals surface area contributed by atoms with E-state index in [-0.39, 0.29) is 0 Å². The van der Waals surface area contributed by atoms with Crippen LogP contribution in [0.3, 0.4) is 0 Å². The maximum absolute atomic E-state index is 10.1. The largest absolute Gasteiger partial charge is 0.388 e. The molecular weight excluding hydrogens is 212 g/mol. The maximum Gasteiger partial charge on any atom is 0.0803 e. The molecular formula is C14H18N2O. The summed E-state index contributed by atoms with van der Waals surface area (Å²) >= 11 is 0. The standard InChI is InChI=1S/C14H18N2O/c1-16(2)9-7-14(17)12-6-5-11-4-3-8-15-13(11)10-12/h3-6,8,10,14,17H,7,9H2,1-2H3. The van der Waals surface area contributed by atoms with Gasteiger partial charge < -0.3 is 10.0 Å². The first-order chi connectivity index (χ1) is 8.16. The molecule has 0 saturated heterocycles. The normalized spacial score (nSPS) is 13.2. The van der Waals surface area contributed by atoms with Crippen molar-refractivity contribution in [3.63, 3.8) is 0 Å². The molecule has 1 heterocycles. The van der Waals surface area contributed by atoms with Gasteiger partial charge in [0.15, 0.2) is 0 Å². The summed E-state index contributed by atoms with van der Waals surface area (Å²) < 4.78 is 0. The topological polar surface area (TPSA) is 36.4 Å². The minimum absolute atomic E-state index is 0.413. The number of aliphatic hydroxyl groups is 1. The Bertz CT molecular complexity index is 496. The molecule has 0 spiro atoms. The van der Waals surface area contributed by atoms with Gasteiger partial charge in [0.05, 0.1) is 11.6 Å². The SMILES string of the molecule is CN(C)CCC(O)c1ccc2cccnc2c1. The molecule has 1 N–H and O–H groups in total. The lowest BCUT2D eigenvalue weighted by atomic mass is 10.0. The van der Waals surface area contributed by atoms with Crippen molar-refractivity contribution < 1.29 is 5.11 Å². The van der Waals surface area contributed by atoms with Crippen LogP contribution in [0.25, 0.3) is 10.9 Å². The van der Waals surface area contributed by atoms with Crippen LogP contribution in [0.5, 0.6) is 0 Å². The summed E-state index contributed by atoms with van der Waals surface area (Å²) in [6.07, 6.45) is 2.10. The van der Waals surface area contributed by atoms with E-state index < -0.39 is 6.10 Å². The Morgan fingerprint density at radius 3 is 2.88 bits per heavy atom. The number of benzene rings is 1. The number of pyridine rings is 1. The number of rotatable bonds is 4. The van der Waals surface area contributed by atoms with Crippen LogP contribution in [-0.4, -0.2) is 35.6 Å². The molecule has 2 aromatic rings. The lowest BCUT2D eigenvalue weighted by Gasteiger charge is -2.14. The van der Waals surface area contributed by atoms with Crippen molar-refractivity contribution >= 4 is 10.9 Å². The molecule has 1 atom stereocenters. The molecule has 3 heteroatoms. The number of nitrogens with zero attached hydrogens (tertiary/aromatic N) is 2. The molecule has 0 fully saturated rings. The Hall–Kier alpha value is -1.45. The third-order valence-electron chi connectivity index (χ3n) is 2.86. The van der Waals surface area contributed by atoms with E-state index in [1.54, 1.807) is 6.20 Å². The smallest absolute Gasteiger partial charge is 0.0803 e. The molecule has 3 nitrogen and oxygen atoms in total. The van der Waals surface area contributed by atoms with Gasteiger partial charge >= 0.3 is 0 Å². The van der Waals surface area contributed by atoms with Crippen molar-refractivity contribution in [3.8, 4) is 0 Å². The number of fused-ring (bicyclic) bond motifs is 1. The summed E-state index contributed by atoms with van der Waals surface area (Å²) in [5, 5.41) is 11.2. The Kier molecular flexibility index (Phi) is 3.71. The summed E-state index contributed by atoms with van der Waals surface area (Å²) in [7, 11) is 4.02. The highest BCUT2D eigenvalue weighted by atomic mass is 16.3. The first-order valence-electron chi connectivity index (χ1n) is 5.84.